The Morgan fingerprint density at radius 1 is 0.786 bits per heavy atom. The fourth-order valence-corrected chi connectivity index (χ4v) is 2.50. The van der Waals surface area contributed by atoms with Crippen molar-refractivity contribution in [1.82, 2.24) is 0 Å². The van der Waals surface area contributed by atoms with E-state index in [4.69, 9.17) is 23.7 Å². The first-order valence-corrected chi connectivity index (χ1v) is 8.57. The first kappa shape index (κ1) is 20.9. The van der Waals surface area contributed by atoms with Gasteiger partial charge in [0.15, 0.2) is 11.5 Å². The molecule has 0 bridgehead atoms. The molecule has 2 rings (SSSR count). The number of para-hydroxylation sites is 1. The van der Waals surface area contributed by atoms with Gasteiger partial charge in [0, 0.05) is 23.3 Å². The average molecular weight is 384 g/mol. The molecule has 0 radical (unpaired) electrons. The van der Waals surface area contributed by atoms with Crippen molar-refractivity contribution in [1.29, 1.82) is 0 Å². The maximum Gasteiger partial charge on any atom is 0.331 e. The van der Waals surface area contributed by atoms with Gasteiger partial charge in [-0.1, -0.05) is 24.3 Å². The molecule has 148 valence electrons. The zero-order chi connectivity index (χ0) is 20.4. The van der Waals surface area contributed by atoms with E-state index in [2.05, 4.69) is 0 Å². The number of carbonyl (C=O) groups excluding carboxylic acids is 1. The van der Waals surface area contributed by atoms with E-state index in [1.807, 2.05) is 24.3 Å². The largest absolute Gasteiger partial charge is 0.496 e. The molecule has 0 spiro atoms. The number of rotatable bonds is 9. The molecule has 0 unspecified atom stereocenters. The smallest absolute Gasteiger partial charge is 0.331 e. The van der Waals surface area contributed by atoms with Crippen LogP contribution in [0.25, 0.3) is 12.2 Å². The molecule has 0 atom stereocenters. The lowest BCUT2D eigenvalue weighted by molar-refractivity contribution is -0.136. The first-order chi connectivity index (χ1) is 13.6. The zero-order valence-electron chi connectivity index (χ0n) is 16.4. The van der Waals surface area contributed by atoms with Crippen LogP contribution in [0.3, 0.4) is 0 Å². The van der Waals surface area contributed by atoms with E-state index in [1.54, 1.807) is 58.8 Å². The molecule has 0 aliphatic rings. The van der Waals surface area contributed by atoms with E-state index in [9.17, 15) is 4.79 Å². The van der Waals surface area contributed by atoms with Gasteiger partial charge in [0.2, 0.25) is 0 Å². The van der Waals surface area contributed by atoms with Crippen LogP contribution < -0.4 is 18.9 Å². The molecular formula is C22H24O6. The number of esters is 1. The number of hydrogen-bond donors (Lipinski definition) is 0. The van der Waals surface area contributed by atoms with Gasteiger partial charge in [0.05, 0.1) is 28.4 Å². The van der Waals surface area contributed by atoms with Gasteiger partial charge in [-0.05, 0) is 24.3 Å². The van der Waals surface area contributed by atoms with E-state index in [0.29, 0.717) is 23.0 Å². The summed E-state index contributed by atoms with van der Waals surface area (Å²) in [4.78, 5) is 11.9. The molecule has 0 saturated heterocycles. The molecule has 0 fully saturated rings. The van der Waals surface area contributed by atoms with Crippen molar-refractivity contribution in [2.75, 3.05) is 35.0 Å². The Hall–Kier alpha value is -3.41. The Labute approximate surface area is 164 Å². The summed E-state index contributed by atoms with van der Waals surface area (Å²) in [5, 5.41) is 0. The maximum absolute atomic E-state index is 11.9. The molecule has 0 heterocycles. The first-order valence-electron chi connectivity index (χ1n) is 8.57. The van der Waals surface area contributed by atoms with Gasteiger partial charge in [-0.15, -0.1) is 0 Å². The Kier molecular flexibility index (Phi) is 7.96. The highest BCUT2D eigenvalue weighted by atomic mass is 16.5. The van der Waals surface area contributed by atoms with Crippen molar-refractivity contribution in [2.24, 2.45) is 0 Å². The van der Waals surface area contributed by atoms with Crippen LogP contribution in [0.15, 0.2) is 48.6 Å². The highest BCUT2D eigenvalue weighted by Gasteiger charge is 2.09. The molecule has 0 amide bonds. The Morgan fingerprint density at radius 3 is 2.11 bits per heavy atom. The van der Waals surface area contributed by atoms with Crippen molar-refractivity contribution < 1.29 is 28.5 Å². The molecule has 28 heavy (non-hydrogen) atoms. The molecule has 0 aromatic heterocycles. The number of benzene rings is 2. The lowest BCUT2D eigenvalue weighted by atomic mass is 10.1. The molecule has 0 aliphatic heterocycles. The topological polar surface area (TPSA) is 63.2 Å². The van der Waals surface area contributed by atoms with Gasteiger partial charge < -0.3 is 23.7 Å². The quantitative estimate of drug-likeness (QED) is 0.481. The lowest BCUT2D eigenvalue weighted by Crippen LogP contribution is -2.00. The summed E-state index contributed by atoms with van der Waals surface area (Å²) in [6.07, 6.45) is 6.53. The van der Waals surface area contributed by atoms with Crippen molar-refractivity contribution in [3.05, 3.63) is 59.7 Å². The van der Waals surface area contributed by atoms with Gasteiger partial charge in [-0.3, -0.25) is 0 Å². The van der Waals surface area contributed by atoms with E-state index in [-0.39, 0.29) is 6.61 Å². The molecule has 6 heteroatoms. The summed E-state index contributed by atoms with van der Waals surface area (Å²) in [5.41, 5.74) is 1.58. The van der Waals surface area contributed by atoms with E-state index in [0.717, 1.165) is 11.1 Å². The predicted molar refractivity (Wildman–Crippen MR) is 108 cm³/mol. The van der Waals surface area contributed by atoms with Crippen LogP contribution in [-0.4, -0.2) is 41.0 Å². The monoisotopic (exact) mass is 384 g/mol. The standard InChI is InChI=1S/C22H24O6/c1-24-18-10-6-5-8-16(18)11-12-22(23)28-13-7-9-17-14-20(26-3)21(27-4)15-19(17)25-2/h5-12,14-15H,13H2,1-4H3/b9-7+,12-11+. The minimum Gasteiger partial charge on any atom is -0.496 e. The molecule has 6 nitrogen and oxygen atoms in total. The maximum atomic E-state index is 11.9. The summed E-state index contributed by atoms with van der Waals surface area (Å²) in [6.45, 7) is 0.118. The minimum atomic E-state index is -0.449. The summed E-state index contributed by atoms with van der Waals surface area (Å²) < 4.78 is 26.3. The normalized spacial score (nSPS) is 10.9. The third-order valence-corrected chi connectivity index (χ3v) is 3.89. The molecule has 2 aromatic carbocycles. The van der Waals surface area contributed by atoms with Crippen molar-refractivity contribution >= 4 is 18.1 Å². The third-order valence-electron chi connectivity index (χ3n) is 3.89. The summed E-state index contributed by atoms with van der Waals surface area (Å²) >= 11 is 0. The molecule has 0 aliphatic carbocycles. The summed E-state index contributed by atoms with van der Waals surface area (Å²) in [5.74, 6) is 2.02. The SMILES string of the molecule is COc1ccccc1/C=C/C(=O)OC/C=C/c1cc(OC)c(OC)cc1OC. The fourth-order valence-electron chi connectivity index (χ4n) is 2.50. The lowest BCUT2D eigenvalue weighted by Gasteiger charge is -2.12. The second-order valence-electron chi connectivity index (χ2n) is 5.56. The predicted octanol–water partition coefficient (Wildman–Crippen LogP) is 3.99. The molecular weight excluding hydrogens is 360 g/mol. The van der Waals surface area contributed by atoms with Crippen molar-refractivity contribution in [3.63, 3.8) is 0 Å². The van der Waals surface area contributed by atoms with Crippen LogP contribution in [0, 0.1) is 0 Å². The molecule has 2 aromatic rings. The minimum absolute atomic E-state index is 0.118. The van der Waals surface area contributed by atoms with Crippen LogP contribution in [-0.2, 0) is 9.53 Å². The van der Waals surface area contributed by atoms with Gasteiger partial charge in [0.1, 0.15) is 18.1 Å². The fraction of sp³-hybridized carbons (Fsp3) is 0.227. The molecule has 0 saturated carbocycles. The van der Waals surface area contributed by atoms with E-state index < -0.39 is 5.97 Å². The number of methoxy groups -OCH3 is 4. The van der Waals surface area contributed by atoms with Crippen LogP contribution in [0.2, 0.25) is 0 Å². The van der Waals surface area contributed by atoms with Gasteiger partial charge >= 0.3 is 5.97 Å². The Bertz CT molecular complexity index is 854. The molecule has 0 N–H and O–H groups in total. The summed E-state index contributed by atoms with van der Waals surface area (Å²) in [6, 6.07) is 10.9. The van der Waals surface area contributed by atoms with Crippen LogP contribution >= 0.6 is 0 Å². The van der Waals surface area contributed by atoms with Crippen molar-refractivity contribution in [2.45, 2.75) is 0 Å². The summed E-state index contributed by atoms with van der Waals surface area (Å²) in [7, 11) is 6.28. The van der Waals surface area contributed by atoms with E-state index in [1.165, 1.54) is 6.08 Å². The average Bonchev–Trinajstić information content (AvgIpc) is 2.74. The third kappa shape index (κ3) is 5.54. The van der Waals surface area contributed by atoms with Crippen molar-refractivity contribution in [3.8, 4) is 23.0 Å². The zero-order valence-corrected chi connectivity index (χ0v) is 16.4. The second kappa shape index (κ2) is 10.7. The number of carbonyl (C=O) groups is 1. The van der Waals surface area contributed by atoms with E-state index >= 15 is 0 Å². The number of ether oxygens (including phenoxy) is 5. The highest BCUT2D eigenvalue weighted by Crippen LogP contribution is 2.35. The van der Waals surface area contributed by atoms with Gasteiger partial charge in [0.25, 0.3) is 0 Å². The van der Waals surface area contributed by atoms with Crippen LogP contribution in [0.4, 0.5) is 0 Å². The van der Waals surface area contributed by atoms with Gasteiger partial charge in [-0.2, -0.15) is 0 Å². The Balaban J connectivity index is 1.98. The Morgan fingerprint density at radius 2 is 1.43 bits per heavy atom. The number of hydrogen-bond acceptors (Lipinski definition) is 6. The second-order valence-corrected chi connectivity index (χ2v) is 5.56. The highest BCUT2D eigenvalue weighted by molar-refractivity contribution is 5.87. The van der Waals surface area contributed by atoms with Gasteiger partial charge in [-0.25, -0.2) is 4.79 Å². The van der Waals surface area contributed by atoms with Crippen LogP contribution in [0.5, 0.6) is 23.0 Å². The van der Waals surface area contributed by atoms with Crippen LogP contribution in [0.1, 0.15) is 11.1 Å².